The van der Waals surface area contributed by atoms with Crippen LogP contribution < -0.4 is 5.73 Å². The molecule has 0 heterocycles. The van der Waals surface area contributed by atoms with Gasteiger partial charge in [-0.25, -0.2) is 0 Å². The van der Waals surface area contributed by atoms with Crippen molar-refractivity contribution in [3.63, 3.8) is 0 Å². The van der Waals surface area contributed by atoms with E-state index in [9.17, 15) is 10.2 Å². The van der Waals surface area contributed by atoms with Crippen molar-refractivity contribution >= 4 is 23.2 Å². The van der Waals surface area contributed by atoms with Gasteiger partial charge >= 0.3 is 0 Å². The van der Waals surface area contributed by atoms with E-state index in [1.54, 1.807) is 13.8 Å². The summed E-state index contributed by atoms with van der Waals surface area (Å²) in [5, 5.41) is 18.0. The number of rotatable bonds is 10. The number of unbranched alkanes of at least 4 members (excludes halogenated alkanes) is 4. The molecule has 3 nitrogen and oxygen atoms in total. The Balaban J connectivity index is 4.59. The first-order valence-electron chi connectivity index (χ1n) is 7.20. The van der Waals surface area contributed by atoms with Crippen molar-refractivity contribution in [2.24, 2.45) is 5.73 Å². The van der Waals surface area contributed by atoms with Crippen LogP contribution in [0.2, 0.25) is 0 Å². The van der Waals surface area contributed by atoms with Gasteiger partial charge in [0.15, 0.2) is 0 Å². The minimum absolute atomic E-state index is 0.606. The molecule has 0 aromatic carbocycles. The molecule has 4 N–H and O–H groups in total. The van der Waals surface area contributed by atoms with E-state index >= 15 is 0 Å². The third-order valence-electron chi connectivity index (χ3n) is 3.59. The molecule has 0 aromatic heterocycles. The SMILES string of the molecule is CCCCCCCC(N)(C(Cl)C(C)O)C(Cl)C(C)O. The lowest BCUT2D eigenvalue weighted by Crippen LogP contribution is -2.61. The number of aliphatic hydroxyl groups excluding tert-OH is 2. The van der Waals surface area contributed by atoms with Gasteiger partial charge in [0.25, 0.3) is 0 Å². The van der Waals surface area contributed by atoms with E-state index < -0.39 is 28.5 Å². The molecule has 0 amide bonds. The maximum atomic E-state index is 9.68. The van der Waals surface area contributed by atoms with Gasteiger partial charge in [-0.2, -0.15) is 0 Å². The van der Waals surface area contributed by atoms with Crippen LogP contribution in [0.15, 0.2) is 0 Å². The van der Waals surface area contributed by atoms with Crippen molar-refractivity contribution in [1.29, 1.82) is 0 Å². The van der Waals surface area contributed by atoms with Gasteiger partial charge in [0.05, 0.1) is 28.5 Å². The van der Waals surface area contributed by atoms with E-state index in [0.29, 0.717) is 6.42 Å². The fraction of sp³-hybridized carbons (Fsp3) is 1.00. The highest BCUT2D eigenvalue weighted by atomic mass is 35.5. The molecule has 0 fully saturated rings. The quantitative estimate of drug-likeness (QED) is 0.429. The Morgan fingerprint density at radius 1 is 0.947 bits per heavy atom. The van der Waals surface area contributed by atoms with E-state index in [-0.39, 0.29) is 0 Å². The highest BCUT2D eigenvalue weighted by Gasteiger charge is 2.44. The number of nitrogens with two attached hydrogens (primary N) is 1. The summed E-state index contributed by atoms with van der Waals surface area (Å²) in [6, 6.07) is 0. The van der Waals surface area contributed by atoms with Crippen LogP contribution in [0.4, 0.5) is 0 Å². The second-order valence-electron chi connectivity index (χ2n) is 5.56. The molecule has 4 unspecified atom stereocenters. The molecule has 0 aliphatic heterocycles. The maximum Gasteiger partial charge on any atom is 0.0787 e. The largest absolute Gasteiger partial charge is 0.392 e. The van der Waals surface area contributed by atoms with Crippen LogP contribution in [0, 0.1) is 0 Å². The minimum Gasteiger partial charge on any atom is -0.392 e. The molecule has 19 heavy (non-hydrogen) atoms. The average Bonchev–Trinajstić information content (AvgIpc) is 2.36. The Hall–Kier alpha value is 0.460. The maximum absolute atomic E-state index is 9.68. The Morgan fingerprint density at radius 3 is 1.74 bits per heavy atom. The van der Waals surface area contributed by atoms with E-state index in [1.807, 2.05) is 0 Å². The monoisotopic (exact) mass is 313 g/mol. The molecule has 116 valence electrons. The van der Waals surface area contributed by atoms with Crippen LogP contribution in [0.5, 0.6) is 0 Å². The standard InChI is InChI=1S/C14H29Cl2NO2/c1-4-5-6-7-8-9-14(17,12(15)10(2)18)13(16)11(3)19/h10-13,18-19H,4-9,17H2,1-3H3. The fourth-order valence-electron chi connectivity index (χ4n) is 2.36. The summed E-state index contributed by atoms with van der Waals surface area (Å²) in [5.41, 5.74) is 5.36. The van der Waals surface area contributed by atoms with Crippen molar-refractivity contribution in [3.05, 3.63) is 0 Å². The van der Waals surface area contributed by atoms with E-state index in [2.05, 4.69) is 6.92 Å². The van der Waals surface area contributed by atoms with Crippen LogP contribution in [-0.2, 0) is 0 Å². The normalized spacial score (nSPS) is 21.5. The molecule has 4 atom stereocenters. The molecule has 0 aliphatic carbocycles. The van der Waals surface area contributed by atoms with Crippen molar-refractivity contribution in [2.75, 3.05) is 0 Å². The third kappa shape index (κ3) is 6.17. The average molecular weight is 314 g/mol. The topological polar surface area (TPSA) is 66.5 Å². The summed E-state index contributed by atoms with van der Waals surface area (Å²) in [5.74, 6) is 0. The molecule has 5 heteroatoms. The molecule has 0 aliphatic rings. The van der Waals surface area contributed by atoms with Gasteiger partial charge in [-0.1, -0.05) is 39.0 Å². The van der Waals surface area contributed by atoms with Crippen LogP contribution >= 0.6 is 23.2 Å². The van der Waals surface area contributed by atoms with Gasteiger partial charge in [0, 0.05) is 0 Å². The lowest BCUT2D eigenvalue weighted by molar-refractivity contribution is 0.106. The lowest BCUT2D eigenvalue weighted by atomic mass is 9.82. The van der Waals surface area contributed by atoms with E-state index in [1.165, 1.54) is 12.8 Å². The number of hydrogen-bond acceptors (Lipinski definition) is 3. The van der Waals surface area contributed by atoms with E-state index in [0.717, 1.165) is 19.3 Å². The highest BCUT2D eigenvalue weighted by molar-refractivity contribution is 6.25. The zero-order valence-electron chi connectivity index (χ0n) is 12.3. The molecule has 0 rings (SSSR count). The first-order chi connectivity index (χ1) is 8.77. The predicted octanol–water partition coefficient (Wildman–Crippen LogP) is 3.02. The molecule has 0 aromatic rings. The third-order valence-corrected chi connectivity index (χ3v) is 5.13. The van der Waals surface area contributed by atoms with Gasteiger partial charge < -0.3 is 15.9 Å². The van der Waals surface area contributed by atoms with Crippen LogP contribution in [0.25, 0.3) is 0 Å². The summed E-state index contributed by atoms with van der Waals surface area (Å²) >= 11 is 12.5. The van der Waals surface area contributed by atoms with Gasteiger partial charge in [-0.15, -0.1) is 23.2 Å². The number of halogens is 2. The smallest absolute Gasteiger partial charge is 0.0787 e. The van der Waals surface area contributed by atoms with E-state index in [4.69, 9.17) is 28.9 Å². The van der Waals surface area contributed by atoms with Crippen molar-refractivity contribution < 1.29 is 10.2 Å². The van der Waals surface area contributed by atoms with Gasteiger partial charge in [0.2, 0.25) is 0 Å². The Bertz CT molecular complexity index is 223. The zero-order chi connectivity index (χ0) is 15.1. The first-order valence-corrected chi connectivity index (χ1v) is 8.07. The molecular formula is C14H29Cl2NO2. The summed E-state index contributed by atoms with van der Waals surface area (Å²) in [7, 11) is 0. The number of alkyl halides is 2. The minimum atomic E-state index is -0.961. The van der Waals surface area contributed by atoms with Crippen molar-refractivity contribution in [3.8, 4) is 0 Å². The molecular weight excluding hydrogens is 285 g/mol. The predicted molar refractivity (Wildman–Crippen MR) is 82.9 cm³/mol. The second-order valence-corrected chi connectivity index (χ2v) is 6.50. The molecule has 0 saturated heterocycles. The number of hydrogen-bond donors (Lipinski definition) is 3. The molecule has 0 bridgehead atoms. The highest BCUT2D eigenvalue weighted by Crippen LogP contribution is 2.32. The van der Waals surface area contributed by atoms with Gasteiger partial charge in [-0.3, -0.25) is 0 Å². The van der Waals surface area contributed by atoms with Crippen LogP contribution in [0.1, 0.15) is 59.3 Å². The fourth-order valence-corrected chi connectivity index (χ4v) is 2.91. The summed E-state index contributed by atoms with van der Waals surface area (Å²) in [6.07, 6.45) is 4.61. The van der Waals surface area contributed by atoms with Crippen LogP contribution in [0.3, 0.4) is 0 Å². The molecule has 0 radical (unpaired) electrons. The Labute approximate surface area is 127 Å². The number of aliphatic hydroxyl groups is 2. The summed E-state index contributed by atoms with van der Waals surface area (Å²) in [4.78, 5) is 0. The molecule has 0 saturated carbocycles. The first kappa shape index (κ1) is 19.5. The zero-order valence-corrected chi connectivity index (χ0v) is 13.8. The van der Waals surface area contributed by atoms with Crippen molar-refractivity contribution in [1.82, 2.24) is 0 Å². The second kappa shape index (κ2) is 9.41. The van der Waals surface area contributed by atoms with Crippen molar-refractivity contribution in [2.45, 2.75) is 87.8 Å². The van der Waals surface area contributed by atoms with Gasteiger partial charge in [0.1, 0.15) is 0 Å². The summed E-state index contributed by atoms with van der Waals surface area (Å²) < 4.78 is 0. The molecule has 0 spiro atoms. The lowest BCUT2D eigenvalue weighted by Gasteiger charge is -2.40. The summed E-state index contributed by atoms with van der Waals surface area (Å²) in [6.45, 7) is 5.36. The Morgan fingerprint density at radius 2 is 1.37 bits per heavy atom. The Kier molecular flexibility index (Phi) is 9.63. The van der Waals surface area contributed by atoms with Crippen LogP contribution in [-0.4, -0.2) is 38.7 Å². The van der Waals surface area contributed by atoms with Gasteiger partial charge in [-0.05, 0) is 20.3 Å².